The molecular formula is C9H13N3O2. The fourth-order valence-corrected chi connectivity index (χ4v) is 1.11. The lowest BCUT2D eigenvalue weighted by Gasteiger charge is -2.06. The Morgan fingerprint density at radius 2 is 2.14 bits per heavy atom. The average molecular weight is 195 g/mol. The van der Waals surface area contributed by atoms with Crippen LogP contribution in [0.5, 0.6) is 0 Å². The van der Waals surface area contributed by atoms with Crippen molar-refractivity contribution in [1.29, 1.82) is 0 Å². The standard InChI is InChI=1S/C9H13N3O2/c1-4-5-10-7-6-11(2)9(14)12(3)8(7)13/h4,6,10H,1,5H2,2-3H3. The third-order valence-electron chi connectivity index (χ3n) is 1.88. The normalized spacial score (nSPS) is 9.86. The summed E-state index contributed by atoms with van der Waals surface area (Å²) < 4.78 is 2.41. The van der Waals surface area contributed by atoms with Gasteiger partial charge in [0.05, 0.1) is 0 Å². The zero-order valence-electron chi connectivity index (χ0n) is 8.28. The van der Waals surface area contributed by atoms with Crippen LogP contribution in [0.3, 0.4) is 0 Å². The molecule has 5 heteroatoms. The van der Waals surface area contributed by atoms with Crippen molar-refractivity contribution in [2.24, 2.45) is 14.1 Å². The number of hydrogen-bond donors (Lipinski definition) is 1. The smallest absolute Gasteiger partial charge is 0.330 e. The maximum absolute atomic E-state index is 11.5. The summed E-state index contributed by atoms with van der Waals surface area (Å²) in [6, 6.07) is 0. The van der Waals surface area contributed by atoms with Gasteiger partial charge in [-0.1, -0.05) is 6.08 Å². The number of nitrogens with one attached hydrogen (secondary N) is 1. The fourth-order valence-electron chi connectivity index (χ4n) is 1.11. The van der Waals surface area contributed by atoms with Crippen molar-refractivity contribution in [3.8, 4) is 0 Å². The van der Waals surface area contributed by atoms with Gasteiger partial charge in [-0.2, -0.15) is 0 Å². The second-order valence-corrected chi connectivity index (χ2v) is 2.97. The van der Waals surface area contributed by atoms with Crippen molar-refractivity contribution in [2.75, 3.05) is 11.9 Å². The van der Waals surface area contributed by atoms with Crippen molar-refractivity contribution in [2.45, 2.75) is 0 Å². The lowest BCUT2D eigenvalue weighted by Crippen LogP contribution is -2.37. The fraction of sp³-hybridized carbons (Fsp3) is 0.333. The Morgan fingerprint density at radius 1 is 1.50 bits per heavy atom. The Labute approximate surface area is 81.3 Å². The number of aromatic nitrogens is 2. The summed E-state index contributed by atoms with van der Waals surface area (Å²) >= 11 is 0. The predicted molar refractivity (Wildman–Crippen MR) is 55.6 cm³/mol. The Hall–Kier alpha value is -1.78. The third kappa shape index (κ3) is 1.76. The lowest BCUT2D eigenvalue weighted by molar-refractivity contribution is 0.688. The highest BCUT2D eigenvalue weighted by atomic mass is 16.2. The van der Waals surface area contributed by atoms with Crippen LogP contribution in [0.4, 0.5) is 5.69 Å². The Kier molecular flexibility index (Phi) is 2.91. The molecule has 0 atom stereocenters. The number of anilines is 1. The summed E-state index contributed by atoms with van der Waals surface area (Å²) in [4.78, 5) is 22.8. The van der Waals surface area contributed by atoms with Crippen molar-refractivity contribution < 1.29 is 0 Å². The number of aryl methyl sites for hydroxylation is 1. The molecule has 0 aliphatic carbocycles. The number of nitrogens with zero attached hydrogens (tertiary/aromatic N) is 2. The van der Waals surface area contributed by atoms with E-state index in [1.807, 2.05) is 0 Å². The molecule has 0 aliphatic rings. The number of hydrogen-bond acceptors (Lipinski definition) is 3. The summed E-state index contributed by atoms with van der Waals surface area (Å²) in [5.74, 6) is 0. The van der Waals surface area contributed by atoms with Crippen LogP contribution in [-0.2, 0) is 14.1 Å². The van der Waals surface area contributed by atoms with Crippen LogP contribution >= 0.6 is 0 Å². The average Bonchev–Trinajstić information content (AvgIpc) is 2.18. The summed E-state index contributed by atoms with van der Waals surface area (Å²) in [6.07, 6.45) is 3.12. The monoisotopic (exact) mass is 195 g/mol. The summed E-state index contributed by atoms with van der Waals surface area (Å²) in [6.45, 7) is 4.02. The largest absolute Gasteiger partial charge is 0.376 e. The number of rotatable bonds is 3. The quantitative estimate of drug-likeness (QED) is 0.673. The van der Waals surface area contributed by atoms with Gasteiger partial charge in [0.15, 0.2) is 0 Å². The van der Waals surface area contributed by atoms with E-state index in [1.54, 1.807) is 13.1 Å². The summed E-state index contributed by atoms with van der Waals surface area (Å²) in [5.41, 5.74) is -0.261. The second kappa shape index (κ2) is 3.95. The van der Waals surface area contributed by atoms with Crippen molar-refractivity contribution in [1.82, 2.24) is 9.13 Å². The van der Waals surface area contributed by atoms with Gasteiger partial charge in [-0.05, 0) is 0 Å². The van der Waals surface area contributed by atoms with E-state index in [1.165, 1.54) is 17.8 Å². The molecule has 1 heterocycles. The van der Waals surface area contributed by atoms with E-state index in [4.69, 9.17) is 0 Å². The molecule has 0 saturated carbocycles. The van der Waals surface area contributed by atoms with Crippen LogP contribution in [0, 0.1) is 0 Å². The molecule has 0 unspecified atom stereocenters. The maximum Gasteiger partial charge on any atom is 0.330 e. The van der Waals surface area contributed by atoms with Gasteiger partial charge < -0.3 is 9.88 Å². The molecule has 0 radical (unpaired) electrons. The molecule has 0 aliphatic heterocycles. The highest BCUT2D eigenvalue weighted by Crippen LogP contribution is 1.93. The first-order valence-electron chi connectivity index (χ1n) is 4.19. The van der Waals surface area contributed by atoms with Crippen molar-refractivity contribution in [3.05, 3.63) is 39.7 Å². The zero-order chi connectivity index (χ0) is 10.7. The minimum absolute atomic E-state index is 0.324. The third-order valence-corrected chi connectivity index (χ3v) is 1.88. The van der Waals surface area contributed by atoms with Gasteiger partial charge in [-0.25, -0.2) is 4.79 Å². The molecule has 1 rings (SSSR count). The van der Waals surface area contributed by atoms with Crippen LogP contribution in [0.2, 0.25) is 0 Å². The van der Waals surface area contributed by atoms with Gasteiger partial charge in [0.2, 0.25) is 0 Å². The topological polar surface area (TPSA) is 56.0 Å². The van der Waals surface area contributed by atoms with Gasteiger partial charge in [0, 0.05) is 26.8 Å². The molecule has 0 spiro atoms. The molecule has 1 aromatic heterocycles. The van der Waals surface area contributed by atoms with E-state index in [0.29, 0.717) is 12.2 Å². The van der Waals surface area contributed by atoms with Crippen LogP contribution < -0.4 is 16.6 Å². The minimum Gasteiger partial charge on any atom is -0.376 e. The van der Waals surface area contributed by atoms with Gasteiger partial charge in [-0.3, -0.25) is 9.36 Å². The molecule has 1 aromatic rings. The molecule has 1 N–H and O–H groups in total. The van der Waals surface area contributed by atoms with Crippen LogP contribution in [0.15, 0.2) is 28.4 Å². The Bertz CT molecular complexity index is 456. The predicted octanol–water partition coefficient (Wildman–Crippen LogP) is -0.318. The van der Waals surface area contributed by atoms with Crippen molar-refractivity contribution in [3.63, 3.8) is 0 Å². The van der Waals surface area contributed by atoms with E-state index < -0.39 is 0 Å². The highest BCUT2D eigenvalue weighted by Gasteiger charge is 2.04. The van der Waals surface area contributed by atoms with E-state index >= 15 is 0 Å². The first kappa shape index (κ1) is 10.3. The maximum atomic E-state index is 11.5. The van der Waals surface area contributed by atoms with E-state index in [-0.39, 0.29) is 11.2 Å². The van der Waals surface area contributed by atoms with E-state index in [2.05, 4.69) is 11.9 Å². The highest BCUT2D eigenvalue weighted by molar-refractivity contribution is 5.38. The SMILES string of the molecule is C=CCNc1cn(C)c(=O)n(C)c1=O. The van der Waals surface area contributed by atoms with Crippen LogP contribution in [0.1, 0.15) is 0 Å². The molecule has 76 valence electrons. The van der Waals surface area contributed by atoms with E-state index in [0.717, 1.165) is 4.57 Å². The summed E-state index contributed by atoms with van der Waals surface area (Å²) in [5, 5.41) is 2.86. The van der Waals surface area contributed by atoms with E-state index in [9.17, 15) is 9.59 Å². The van der Waals surface area contributed by atoms with Gasteiger partial charge >= 0.3 is 5.69 Å². The van der Waals surface area contributed by atoms with Crippen molar-refractivity contribution >= 4 is 5.69 Å². The molecule has 0 fully saturated rings. The van der Waals surface area contributed by atoms with Gasteiger partial charge in [0.1, 0.15) is 5.69 Å². The van der Waals surface area contributed by atoms with Crippen LogP contribution in [0.25, 0.3) is 0 Å². The summed E-state index contributed by atoms with van der Waals surface area (Å²) in [7, 11) is 3.05. The molecule has 0 saturated heterocycles. The second-order valence-electron chi connectivity index (χ2n) is 2.97. The molecular weight excluding hydrogens is 182 g/mol. The molecule has 14 heavy (non-hydrogen) atoms. The Balaban J connectivity index is 3.26. The molecule has 0 aromatic carbocycles. The molecule has 0 bridgehead atoms. The lowest BCUT2D eigenvalue weighted by atomic mass is 10.4. The minimum atomic E-state index is -0.334. The molecule has 5 nitrogen and oxygen atoms in total. The first-order valence-corrected chi connectivity index (χ1v) is 4.19. The van der Waals surface area contributed by atoms with Gasteiger partial charge in [-0.15, -0.1) is 6.58 Å². The first-order chi connectivity index (χ1) is 6.57. The zero-order valence-corrected chi connectivity index (χ0v) is 8.28. The van der Waals surface area contributed by atoms with Gasteiger partial charge in [0.25, 0.3) is 5.56 Å². The van der Waals surface area contributed by atoms with Crippen LogP contribution in [-0.4, -0.2) is 15.7 Å². The molecule has 0 amide bonds. The Morgan fingerprint density at radius 3 is 2.71 bits per heavy atom.